The molecular formula is C56H52OS. The van der Waals surface area contributed by atoms with Gasteiger partial charge in [-0.1, -0.05) is 186 Å². The molecule has 0 N–H and O–H groups in total. The Bertz CT molecular complexity index is 2650. The standard InChI is InChI=1S/C15H14.C14H14S.C14H14.C13H10O/c1-11-6-9-15-13(10-11)8-7-12-4-2-3-5-14(12)15;1-10-6-7-14-12(8-10)9-11-4-2-3-5-13(11)15-14;1-11-3-7-13(8-4-11)14-9-5-12(2)6-10-14;1-9-6-7-11-10-4-2-3-5-12(10)14-13(11)8-9/h2-6,8-10,15H,7H2,1H3;2-8,12,14H,9H2,1H3;3-10H,1-2H3;2-8H,1H3. The highest BCUT2D eigenvalue weighted by Gasteiger charge is 2.27. The number of thioether (sulfide) groups is 1. The molecule has 0 amide bonds. The van der Waals surface area contributed by atoms with Gasteiger partial charge in [0.15, 0.2) is 0 Å². The summed E-state index contributed by atoms with van der Waals surface area (Å²) in [6, 6.07) is 49.3. The number of rotatable bonds is 1. The van der Waals surface area contributed by atoms with E-state index in [1.54, 1.807) is 0 Å². The minimum absolute atomic E-state index is 0.499. The second-order valence-electron chi connectivity index (χ2n) is 16.0. The van der Waals surface area contributed by atoms with Crippen LogP contribution >= 0.6 is 11.8 Å². The van der Waals surface area contributed by atoms with Crippen LogP contribution in [0.25, 0.3) is 33.1 Å². The SMILES string of the molecule is CC1=CC2=CCc3ccccc3C2C=C1.CC1=CC2Cc3ccccc3SC2C=C1.Cc1ccc(-c2ccc(C)cc2)cc1.Cc1ccc2c(c1)oc1ccccc12. The van der Waals surface area contributed by atoms with Gasteiger partial charge < -0.3 is 4.42 Å². The van der Waals surface area contributed by atoms with Crippen LogP contribution in [-0.4, -0.2) is 5.25 Å². The third kappa shape index (κ3) is 9.14. The molecule has 288 valence electrons. The number of furan rings is 1. The summed E-state index contributed by atoms with van der Waals surface area (Å²) < 4.78 is 5.73. The third-order valence-corrected chi connectivity index (χ3v) is 12.8. The molecule has 0 saturated carbocycles. The average Bonchev–Trinajstić information content (AvgIpc) is 3.62. The zero-order valence-corrected chi connectivity index (χ0v) is 35.1. The van der Waals surface area contributed by atoms with Gasteiger partial charge in [0.05, 0.1) is 0 Å². The van der Waals surface area contributed by atoms with Crippen LogP contribution in [0.15, 0.2) is 208 Å². The zero-order chi connectivity index (χ0) is 40.0. The molecule has 3 unspecified atom stereocenters. The van der Waals surface area contributed by atoms with Gasteiger partial charge >= 0.3 is 0 Å². The number of fused-ring (bicyclic) bond motifs is 8. The summed E-state index contributed by atoms with van der Waals surface area (Å²) in [5.41, 5.74) is 17.1. The van der Waals surface area contributed by atoms with Gasteiger partial charge in [-0.2, -0.15) is 0 Å². The number of hydrogen-bond donors (Lipinski definition) is 0. The predicted molar refractivity (Wildman–Crippen MR) is 250 cm³/mol. The van der Waals surface area contributed by atoms with Gasteiger partial charge in [0.1, 0.15) is 11.2 Å². The first kappa shape index (κ1) is 39.0. The summed E-state index contributed by atoms with van der Waals surface area (Å²) in [4.78, 5) is 1.47. The van der Waals surface area contributed by atoms with Gasteiger partial charge in [-0.15, -0.1) is 11.8 Å². The van der Waals surface area contributed by atoms with Crippen LogP contribution in [0.4, 0.5) is 0 Å². The molecule has 1 nitrogen and oxygen atoms in total. The van der Waals surface area contributed by atoms with Crippen LogP contribution in [0.1, 0.15) is 53.1 Å². The van der Waals surface area contributed by atoms with Crippen molar-refractivity contribution in [2.24, 2.45) is 5.92 Å². The molecule has 0 saturated heterocycles. The molecule has 1 aliphatic heterocycles. The number of benzene rings is 6. The smallest absolute Gasteiger partial charge is 0.135 e. The van der Waals surface area contributed by atoms with Crippen LogP contribution < -0.4 is 0 Å². The maximum atomic E-state index is 5.73. The van der Waals surface area contributed by atoms with E-state index < -0.39 is 0 Å². The van der Waals surface area contributed by atoms with Crippen molar-refractivity contribution in [1.29, 1.82) is 0 Å². The van der Waals surface area contributed by atoms with Gasteiger partial charge in [-0.3, -0.25) is 0 Å². The van der Waals surface area contributed by atoms with Crippen LogP contribution in [0.5, 0.6) is 0 Å². The topological polar surface area (TPSA) is 13.1 Å². The molecule has 6 aromatic carbocycles. The van der Waals surface area contributed by atoms with Crippen LogP contribution in [0.2, 0.25) is 0 Å². The largest absolute Gasteiger partial charge is 0.456 e. The Labute approximate surface area is 349 Å². The van der Waals surface area contributed by atoms with E-state index in [4.69, 9.17) is 4.42 Å². The molecule has 1 aromatic heterocycles. The first-order valence-electron chi connectivity index (χ1n) is 20.5. The minimum Gasteiger partial charge on any atom is -0.456 e. The zero-order valence-electron chi connectivity index (χ0n) is 34.3. The summed E-state index contributed by atoms with van der Waals surface area (Å²) in [6.07, 6.45) is 18.5. The molecule has 0 radical (unpaired) electrons. The summed E-state index contributed by atoms with van der Waals surface area (Å²) in [5.74, 6) is 1.20. The Morgan fingerprint density at radius 3 is 1.93 bits per heavy atom. The van der Waals surface area contributed by atoms with E-state index in [2.05, 4.69) is 198 Å². The number of hydrogen-bond acceptors (Lipinski definition) is 2. The Hall–Kier alpha value is -5.83. The van der Waals surface area contributed by atoms with E-state index in [0.717, 1.165) is 17.6 Å². The summed E-state index contributed by atoms with van der Waals surface area (Å²) in [7, 11) is 0. The molecule has 2 heterocycles. The lowest BCUT2D eigenvalue weighted by Gasteiger charge is -2.31. The molecule has 7 aromatic rings. The highest BCUT2D eigenvalue weighted by Crippen LogP contribution is 2.42. The second-order valence-corrected chi connectivity index (χ2v) is 17.2. The van der Waals surface area contributed by atoms with E-state index in [-0.39, 0.29) is 0 Å². The monoisotopic (exact) mass is 772 g/mol. The lowest BCUT2D eigenvalue weighted by atomic mass is 9.79. The molecule has 3 aliphatic carbocycles. The van der Waals surface area contributed by atoms with E-state index in [9.17, 15) is 0 Å². The highest BCUT2D eigenvalue weighted by atomic mass is 32.2. The van der Waals surface area contributed by atoms with E-state index in [1.165, 1.54) is 83.3 Å². The Morgan fingerprint density at radius 1 is 0.552 bits per heavy atom. The molecule has 11 rings (SSSR count). The van der Waals surface area contributed by atoms with Gasteiger partial charge in [0, 0.05) is 26.8 Å². The number of allylic oxidation sites excluding steroid dienone is 9. The molecule has 4 aliphatic rings. The van der Waals surface area contributed by atoms with Crippen LogP contribution in [-0.2, 0) is 12.8 Å². The molecule has 58 heavy (non-hydrogen) atoms. The van der Waals surface area contributed by atoms with Crippen LogP contribution in [0.3, 0.4) is 0 Å². The molecule has 2 heteroatoms. The van der Waals surface area contributed by atoms with E-state index in [0.29, 0.717) is 17.1 Å². The van der Waals surface area contributed by atoms with Crippen molar-refractivity contribution in [3.8, 4) is 11.1 Å². The quantitative estimate of drug-likeness (QED) is 0.165. The van der Waals surface area contributed by atoms with E-state index in [1.807, 2.05) is 30.0 Å². The molecule has 3 atom stereocenters. The summed E-state index contributed by atoms with van der Waals surface area (Å²) >= 11 is 2.01. The Kier molecular flexibility index (Phi) is 11.9. The van der Waals surface area contributed by atoms with Crippen molar-refractivity contribution in [1.82, 2.24) is 0 Å². The fourth-order valence-electron chi connectivity index (χ4n) is 8.17. The van der Waals surface area contributed by atoms with Gasteiger partial charge in [0.2, 0.25) is 0 Å². The lowest BCUT2D eigenvalue weighted by molar-refractivity contribution is 0.641. The normalized spacial score (nSPS) is 18.2. The third-order valence-electron chi connectivity index (χ3n) is 11.4. The summed E-state index contributed by atoms with van der Waals surface area (Å²) in [6.45, 7) is 10.6. The first-order valence-corrected chi connectivity index (χ1v) is 21.4. The van der Waals surface area contributed by atoms with Crippen molar-refractivity contribution in [3.63, 3.8) is 0 Å². The fraction of sp³-hybridized carbons (Fsp3) is 0.179. The first-order chi connectivity index (χ1) is 28.3. The lowest BCUT2D eigenvalue weighted by Crippen LogP contribution is -2.22. The van der Waals surface area contributed by atoms with Gasteiger partial charge in [0.25, 0.3) is 0 Å². The molecule has 0 bridgehead atoms. The van der Waals surface area contributed by atoms with E-state index >= 15 is 0 Å². The van der Waals surface area contributed by atoms with Crippen molar-refractivity contribution in [2.75, 3.05) is 0 Å². The summed E-state index contributed by atoms with van der Waals surface area (Å²) in [5, 5.41) is 3.05. The predicted octanol–water partition coefficient (Wildman–Crippen LogP) is 15.5. The molecule has 0 fully saturated rings. The van der Waals surface area contributed by atoms with Gasteiger partial charge in [-0.05, 0) is 111 Å². The van der Waals surface area contributed by atoms with Crippen molar-refractivity contribution in [2.45, 2.75) is 63.5 Å². The molecular weight excluding hydrogens is 721 g/mol. The van der Waals surface area contributed by atoms with Crippen molar-refractivity contribution >= 4 is 33.7 Å². The van der Waals surface area contributed by atoms with Crippen molar-refractivity contribution in [3.05, 3.63) is 232 Å². The maximum Gasteiger partial charge on any atom is 0.135 e. The highest BCUT2D eigenvalue weighted by molar-refractivity contribution is 8.00. The Morgan fingerprint density at radius 2 is 1.17 bits per heavy atom. The molecule has 0 spiro atoms. The second kappa shape index (κ2) is 17.8. The Balaban J connectivity index is 0.000000108. The maximum absolute atomic E-state index is 5.73. The number of para-hydroxylation sites is 1. The van der Waals surface area contributed by atoms with Crippen molar-refractivity contribution < 1.29 is 4.42 Å². The van der Waals surface area contributed by atoms with Gasteiger partial charge in [-0.25, -0.2) is 0 Å². The minimum atomic E-state index is 0.499. The number of aryl methyl sites for hydroxylation is 3. The fourth-order valence-corrected chi connectivity index (χ4v) is 9.43. The van der Waals surface area contributed by atoms with Crippen LogP contribution in [0, 0.1) is 26.7 Å². The average molecular weight is 773 g/mol.